The van der Waals surface area contributed by atoms with Crippen molar-refractivity contribution in [3.8, 4) is 28.3 Å². The van der Waals surface area contributed by atoms with Crippen LogP contribution in [0.2, 0.25) is 0 Å². The number of benzene rings is 1. The molecule has 1 unspecified atom stereocenters. The van der Waals surface area contributed by atoms with Crippen molar-refractivity contribution in [3.05, 3.63) is 53.3 Å². The molecule has 4 aromatic rings. The molecule has 3 heterocycles. The molecule has 0 fully saturated rings. The van der Waals surface area contributed by atoms with Crippen molar-refractivity contribution in [2.75, 3.05) is 12.9 Å². The van der Waals surface area contributed by atoms with Crippen LogP contribution in [0.4, 0.5) is 0 Å². The lowest BCUT2D eigenvalue weighted by Crippen LogP contribution is -2.17. The maximum atomic E-state index is 12.8. The highest BCUT2D eigenvalue weighted by molar-refractivity contribution is 7.90. The molecule has 0 aliphatic rings. The van der Waals surface area contributed by atoms with Crippen LogP contribution in [0.15, 0.2) is 52.7 Å². The molecule has 0 spiro atoms. The molecule has 0 radical (unpaired) electrons. The van der Waals surface area contributed by atoms with Crippen molar-refractivity contribution in [3.63, 3.8) is 0 Å². The minimum Gasteiger partial charge on any atom is -0.612 e. The zero-order valence-corrected chi connectivity index (χ0v) is 18.6. The third-order valence-electron chi connectivity index (χ3n) is 4.92. The molecule has 0 amide bonds. The van der Waals surface area contributed by atoms with Gasteiger partial charge in [-0.2, -0.15) is 5.10 Å². The molecule has 0 aliphatic carbocycles. The number of ether oxygens (including phenoxy) is 1. The van der Waals surface area contributed by atoms with E-state index in [0.717, 1.165) is 17.5 Å². The minimum absolute atomic E-state index is 0.192. The second-order valence-corrected chi connectivity index (χ2v) is 8.66. The summed E-state index contributed by atoms with van der Waals surface area (Å²) in [4.78, 5) is 22.6. The second kappa shape index (κ2) is 8.52. The maximum Gasteiger partial charge on any atom is 0.261 e. The van der Waals surface area contributed by atoms with Crippen LogP contribution >= 0.6 is 0 Å². The van der Waals surface area contributed by atoms with Crippen molar-refractivity contribution < 1.29 is 9.29 Å². The van der Waals surface area contributed by atoms with E-state index in [2.05, 4.69) is 10.1 Å². The van der Waals surface area contributed by atoms with E-state index in [0.29, 0.717) is 39.5 Å². The molecule has 0 N–H and O–H groups in total. The van der Waals surface area contributed by atoms with Gasteiger partial charge in [-0.05, 0) is 29.7 Å². The van der Waals surface area contributed by atoms with Crippen LogP contribution < -0.4 is 10.3 Å². The van der Waals surface area contributed by atoms with Crippen LogP contribution in [-0.2, 0) is 25.3 Å². The maximum absolute atomic E-state index is 12.8. The average Bonchev–Trinajstić information content (AvgIpc) is 3.20. The number of aromatic nitrogens is 5. The summed E-state index contributed by atoms with van der Waals surface area (Å²) in [7, 11) is 3.51. The van der Waals surface area contributed by atoms with E-state index < -0.39 is 11.2 Å². The lowest BCUT2D eigenvalue weighted by Gasteiger charge is -2.15. The van der Waals surface area contributed by atoms with Crippen molar-refractivity contribution >= 4 is 22.1 Å². The molecule has 8 nitrogen and oxygen atoms in total. The molecular weight excluding hydrogens is 414 g/mol. The van der Waals surface area contributed by atoms with Crippen LogP contribution in [0.1, 0.15) is 13.3 Å². The largest absolute Gasteiger partial charge is 0.612 e. The molecule has 3 aromatic heterocycles. The summed E-state index contributed by atoms with van der Waals surface area (Å²) in [6.07, 6.45) is 9.26. The third-order valence-corrected chi connectivity index (χ3v) is 5.83. The molecule has 4 rings (SSSR count). The quantitative estimate of drug-likeness (QED) is 0.430. The van der Waals surface area contributed by atoms with E-state index >= 15 is 0 Å². The fourth-order valence-corrected chi connectivity index (χ4v) is 3.90. The zero-order chi connectivity index (χ0) is 22.1. The Kier molecular flexibility index (Phi) is 5.79. The number of hydrogen-bond acceptors (Lipinski definition) is 6. The van der Waals surface area contributed by atoms with Gasteiger partial charge in [0.15, 0.2) is 10.7 Å². The number of hydrogen-bond donors (Lipinski definition) is 0. The molecule has 31 heavy (non-hydrogen) atoms. The van der Waals surface area contributed by atoms with E-state index in [1.807, 2.05) is 32.3 Å². The van der Waals surface area contributed by atoms with Gasteiger partial charge in [-0.25, -0.2) is 9.97 Å². The summed E-state index contributed by atoms with van der Waals surface area (Å²) in [6, 6.07) is 5.46. The molecule has 9 heteroatoms. The van der Waals surface area contributed by atoms with E-state index in [-0.39, 0.29) is 5.56 Å². The van der Waals surface area contributed by atoms with Crippen molar-refractivity contribution in [1.29, 1.82) is 0 Å². The normalized spacial score (nSPS) is 12.3. The van der Waals surface area contributed by atoms with Gasteiger partial charge in [0.2, 0.25) is 0 Å². The summed E-state index contributed by atoms with van der Waals surface area (Å²) in [5, 5.41) is 4.58. The number of fused-ring (bicyclic) bond motifs is 1. The van der Waals surface area contributed by atoms with Gasteiger partial charge in [-0.3, -0.25) is 9.48 Å². The number of rotatable bonds is 6. The van der Waals surface area contributed by atoms with Crippen LogP contribution in [0, 0.1) is 0 Å². The Morgan fingerprint density at radius 1 is 1.16 bits per heavy atom. The van der Waals surface area contributed by atoms with Crippen molar-refractivity contribution in [2.45, 2.75) is 18.2 Å². The first kappa shape index (κ1) is 21.1. The Labute approximate surface area is 182 Å². The zero-order valence-electron chi connectivity index (χ0n) is 17.8. The fraction of sp³-hybridized carbons (Fsp3) is 0.273. The van der Waals surface area contributed by atoms with Gasteiger partial charge in [0.25, 0.3) is 5.56 Å². The van der Waals surface area contributed by atoms with Crippen molar-refractivity contribution in [1.82, 2.24) is 24.3 Å². The fourth-order valence-electron chi connectivity index (χ4n) is 3.36. The summed E-state index contributed by atoms with van der Waals surface area (Å²) in [5.74, 6) is 1.12. The minimum atomic E-state index is -1.17. The number of nitrogens with zero attached hydrogens (tertiary/aromatic N) is 5. The summed E-state index contributed by atoms with van der Waals surface area (Å²) < 4.78 is 21.3. The molecule has 1 aromatic carbocycles. The number of aryl methyl sites for hydroxylation is 2. The van der Waals surface area contributed by atoms with Crippen LogP contribution in [0.3, 0.4) is 0 Å². The van der Waals surface area contributed by atoms with Gasteiger partial charge >= 0.3 is 0 Å². The van der Waals surface area contributed by atoms with Gasteiger partial charge < -0.3 is 13.9 Å². The Balaban J connectivity index is 2.01. The Morgan fingerprint density at radius 3 is 2.65 bits per heavy atom. The molecule has 0 saturated carbocycles. The highest BCUT2D eigenvalue weighted by Crippen LogP contribution is 2.35. The Bertz CT molecular complexity index is 1310. The topological polar surface area (TPSA) is 97.9 Å². The van der Waals surface area contributed by atoms with Gasteiger partial charge in [-0.15, -0.1) is 0 Å². The molecule has 160 valence electrons. The molecule has 1 atom stereocenters. The average molecular weight is 438 g/mol. The monoisotopic (exact) mass is 437 g/mol. The molecular formula is C22H23N5O3S. The number of pyridine rings is 1. The first-order valence-electron chi connectivity index (χ1n) is 9.85. The first-order valence-corrected chi connectivity index (χ1v) is 11.4. The van der Waals surface area contributed by atoms with Crippen molar-refractivity contribution in [2.24, 2.45) is 14.1 Å². The summed E-state index contributed by atoms with van der Waals surface area (Å²) in [5.41, 5.74) is 2.52. The molecule has 0 saturated heterocycles. The van der Waals surface area contributed by atoms with Crippen LogP contribution in [0.25, 0.3) is 33.4 Å². The van der Waals surface area contributed by atoms with E-state index in [1.165, 1.54) is 4.57 Å². The SMILES string of the molecule is CCCOc1ccc([S+](C)[O-])cc1-c1cn(C)c(=O)c2cnc(-c3cnn(C)c3)nc12. The van der Waals surface area contributed by atoms with Crippen LogP contribution in [0.5, 0.6) is 5.75 Å². The first-order chi connectivity index (χ1) is 14.9. The van der Waals surface area contributed by atoms with E-state index in [1.54, 1.807) is 42.6 Å². The van der Waals surface area contributed by atoms with E-state index in [9.17, 15) is 9.35 Å². The molecule has 0 bridgehead atoms. The Morgan fingerprint density at radius 2 is 1.97 bits per heavy atom. The lowest BCUT2D eigenvalue weighted by molar-refractivity contribution is 0.318. The van der Waals surface area contributed by atoms with Gasteiger partial charge in [0, 0.05) is 49.9 Å². The smallest absolute Gasteiger partial charge is 0.261 e. The van der Waals surface area contributed by atoms with Gasteiger partial charge in [0.05, 0.1) is 29.3 Å². The summed E-state index contributed by atoms with van der Waals surface area (Å²) >= 11 is -1.17. The third kappa shape index (κ3) is 4.06. The van der Waals surface area contributed by atoms with Gasteiger partial charge in [0.1, 0.15) is 12.0 Å². The predicted octanol–water partition coefficient (Wildman–Crippen LogP) is 2.92. The highest BCUT2D eigenvalue weighted by atomic mass is 32.2. The second-order valence-electron chi connectivity index (χ2n) is 7.28. The van der Waals surface area contributed by atoms with Gasteiger partial charge in [-0.1, -0.05) is 6.92 Å². The predicted molar refractivity (Wildman–Crippen MR) is 121 cm³/mol. The Hall–Kier alpha value is -3.17. The summed E-state index contributed by atoms with van der Waals surface area (Å²) in [6.45, 7) is 2.57. The lowest BCUT2D eigenvalue weighted by atomic mass is 10.0. The highest BCUT2D eigenvalue weighted by Gasteiger charge is 2.19. The van der Waals surface area contributed by atoms with E-state index in [4.69, 9.17) is 9.72 Å². The van der Waals surface area contributed by atoms with Crippen LogP contribution in [-0.4, -0.2) is 41.7 Å². The molecule has 0 aliphatic heterocycles. The standard InChI is InChI=1S/C22H23N5O3S/c1-5-8-30-19-7-6-15(31(4)29)9-16(19)18-13-26(2)22(28)17-11-23-21(25-20(17)18)14-10-24-27(3)12-14/h6-7,9-13H,5,8H2,1-4H3.